The van der Waals surface area contributed by atoms with Gasteiger partial charge in [-0.25, -0.2) is 4.39 Å². The van der Waals surface area contributed by atoms with E-state index in [4.69, 9.17) is 9.47 Å². The summed E-state index contributed by atoms with van der Waals surface area (Å²) in [6.45, 7) is 6.34. The van der Waals surface area contributed by atoms with Crippen molar-refractivity contribution in [3.63, 3.8) is 0 Å². The molecular weight excluding hydrogens is 463 g/mol. The van der Waals surface area contributed by atoms with Crippen molar-refractivity contribution in [3.8, 4) is 5.75 Å². The summed E-state index contributed by atoms with van der Waals surface area (Å²) in [7, 11) is 1.52. The van der Waals surface area contributed by atoms with E-state index in [-0.39, 0.29) is 42.3 Å². The first kappa shape index (κ1) is 24.7. The number of methoxy groups -OCH3 is 1. The molecule has 0 N–H and O–H groups in total. The van der Waals surface area contributed by atoms with E-state index in [1.54, 1.807) is 16.8 Å². The third-order valence-corrected chi connectivity index (χ3v) is 7.70. The average Bonchev–Trinajstić information content (AvgIpc) is 3.47. The fourth-order valence-electron chi connectivity index (χ4n) is 5.94. The van der Waals surface area contributed by atoms with E-state index in [0.29, 0.717) is 56.0 Å². The Morgan fingerprint density at radius 2 is 1.83 bits per heavy atom. The van der Waals surface area contributed by atoms with Crippen molar-refractivity contribution >= 4 is 11.8 Å². The molecule has 9 heteroatoms. The maximum Gasteiger partial charge on any atom is 0.274 e. The fourth-order valence-corrected chi connectivity index (χ4v) is 5.94. The van der Waals surface area contributed by atoms with Crippen LogP contribution < -0.4 is 4.74 Å². The molecule has 2 fully saturated rings. The van der Waals surface area contributed by atoms with Gasteiger partial charge >= 0.3 is 0 Å². The average molecular weight is 499 g/mol. The molecule has 194 valence electrons. The highest BCUT2D eigenvalue weighted by atomic mass is 19.1. The standard InChI is InChI=1S/C27H35FN4O4/c1-17-14-31(15-18(2)36-17)27(34)26-22-5-4-6-24(22)32(29-26)16-25(33)30-11-9-19(10-12-30)21-8-7-20(35-3)13-23(21)28/h7-8,13,17-19H,4-6,9-12,14-16H2,1-3H3/t17-,18+. The Labute approximate surface area is 211 Å². The largest absolute Gasteiger partial charge is 0.497 e. The molecule has 0 spiro atoms. The van der Waals surface area contributed by atoms with Crippen molar-refractivity contribution in [1.29, 1.82) is 0 Å². The van der Waals surface area contributed by atoms with E-state index in [9.17, 15) is 14.0 Å². The topological polar surface area (TPSA) is 76.9 Å². The molecule has 2 atom stereocenters. The van der Waals surface area contributed by atoms with Gasteiger partial charge in [0.1, 0.15) is 18.1 Å². The van der Waals surface area contributed by atoms with E-state index in [2.05, 4.69) is 5.10 Å². The Bertz CT molecular complexity index is 1130. The van der Waals surface area contributed by atoms with Gasteiger partial charge in [0.05, 0.1) is 19.3 Å². The Morgan fingerprint density at radius 1 is 1.11 bits per heavy atom. The summed E-state index contributed by atoms with van der Waals surface area (Å²) in [5.41, 5.74) is 3.18. The van der Waals surface area contributed by atoms with Crippen molar-refractivity contribution in [1.82, 2.24) is 19.6 Å². The monoisotopic (exact) mass is 498 g/mol. The second-order valence-electron chi connectivity index (χ2n) is 10.3. The molecule has 0 radical (unpaired) electrons. The van der Waals surface area contributed by atoms with Gasteiger partial charge in [-0.2, -0.15) is 5.10 Å². The van der Waals surface area contributed by atoms with Crippen molar-refractivity contribution in [2.24, 2.45) is 0 Å². The van der Waals surface area contributed by atoms with E-state index in [0.717, 1.165) is 30.5 Å². The number of carbonyl (C=O) groups is 2. The number of hydrogen-bond donors (Lipinski definition) is 0. The Balaban J connectivity index is 1.24. The summed E-state index contributed by atoms with van der Waals surface area (Å²) in [4.78, 5) is 30.2. The van der Waals surface area contributed by atoms with Crippen LogP contribution in [0.4, 0.5) is 4.39 Å². The minimum absolute atomic E-state index is 0.00605. The van der Waals surface area contributed by atoms with E-state index >= 15 is 0 Å². The summed E-state index contributed by atoms with van der Waals surface area (Å²) in [6.07, 6.45) is 4.02. The van der Waals surface area contributed by atoms with Crippen molar-refractivity contribution in [3.05, 3.63) is 46.5 Å². The van der Waals surface area contributed by atoms with Gasteiger partial charge in [0, 0.05) is 43.5 Å². The number of halogens is 1. The van der Waals surface area contributed by atoms with Crippen LogP contribution in [-0.2, 0) is 28.9 Å². The summed E-state index contributed by atoms with van der Waals surface area (Å²) in [5, 5.41) is 4.66. The number of nitrogens with zero attached hydrogens (tertiary/aromatic N) is 4. The second kappa shape index (κ2) is 10.2. The van der Waals surface area contributed by atoms with Gasteiger partial charge in [0.2, 0.25) is 5.91 Å². The summed E-state index contributed by atoms with van der Waals surface area (Å²) in [5.74, 6) is 0.257. The lowest BCUT2D eigenvalue weighted by Crippen LogP contribution is -2.48. The van der Waals surface area contributed by atoms with Crippen LogP contribution in [0.1, 0.15) is 66.3 Å². The normalized spacial score (nSPS) is 22.6. The van der Waals surface area contributed by atoms with Gasteiger partial charge in [0.15, 0.2) is 5.69 Å². The zero-order chi connectivity index (χ0) is 25.4. The van der Waals surface area contributed by atoms with Crippen LogP contribution in [0.25, 0.3) is 0 Å². The SMILES string of the molecule is COc1ccc(C2CCN(C(=O)Cn3nc(C(=O)N4C[C@@H](C)O[C@@H](C)C4)c4c3CCC4)CC2)c(F)c1. The van der Waals surface area contributed by atoms with Crippen LogP contribution in [0.5, 0.6) is 5.75 Å². The zero-order valence-electron chi connectivity index (χ0n) is 21.3. The van der Waals surface area contributed by atoms with Crippen molar-refractivity contribution < 1.29 is 23.5 Å². The van der Waals surface area contributed by atoms with Gasteiger partial charge in [0.25, 0.3) is 5.91 Å². The van der Waals surface area contributed by atoms with Crippen LogP contribution in [0.3, 0.4) is 0 Å². The maximum absolute atomic E-state index is 14.5. The number of rotatable bonds is 5. The minimum Gasteiger partial charge on any atom is -0.497 e. The summed E-state index contributed by atoms with van der Waals surface area (Å²) >= 11 is 0. The Morgan fingerprint density at radius 3 is 2.50 bits per heavy atom. The summed E-state index contributed by atoms with van der Waals surface area (Å²) < 4.78 is 27.2. The quantitative estimate of drug-likeness (QED) is 0.633. The highest BCUT2D eigenvalue weighted by Crippen LogP contribution is 2.32. The molecule has 1 aromatic heterocycles. The predicted octanol–water partition coefficient (Wildman–Crippen LogP) is 3.18. The zero-order valence-corrected chi connectivity index (χ0v) is 21.3. The first-order valence-corrected chi connectivity index (χ1v) is 13.0. The lowest BCUT2D eigenvalue weighted by molar-refractivity contribution is -0.133. The molecular formula is C27H35FN4O4. The van der Waals surface area contributed by atoms with E-state index < -0.39 is 0 Å². The van der Waals surface area contributed by atoms with Crippen LogP contribution in [0.2, 0.25) is 0 Å². The third-order valence-electron chi connectivity index (χ3n) is 7.70. The van der Waals surface area contributed by atoms with Crippen molar-refractivity contribution in [2.75, 3.05) is 33.3 Å². The van der Waals surface area contributed by atoms with E-state index in [1.807, 2.05) is 23.6 Å². The molecule has 1 aromatic carbocycles. The smallest absolute Gasteiger partial charge is 0.274 e. The number of ether oxygens (including phenoxy) is 2. The van der Waals surface area contributed by atoms with E-state index in [1.165, 1.54) is 13.2 Å². The lowest BCUT2D eigenvalue weighted by atomic mass is 9.89. The van der Waals surface area contributed by atoms with Gasteiger partial charge < -0.3 is 19.3 Å². The van der Waals surface area contributed by atoms with Crippen molar-refractivity contribution in [2.45, 2.75) is 70.6 Å². The van der Waals surface area contributed by atoms with Crippen LogP contribution in [-0.4, -0.2) is 76.9 Å². The predicted molar refractivity (Wildman–Crippen MR) is 132 cm³/mol. The van der Waals surface area contributed by atoms with Crippen LogP contribution >= 0.6 is 0 Å². The first-order valence-electron chi connectivity index (χ1n) is 13.0. The molecule has 2 aliphatic heterocycles. The number of carbonyl (C=O) groups excluding carboxylic acids is 2. The molecule has 3 heterocycles. The number of likely N-dealkylation sites (tertiary alicyclic amines) is 1. The molecule has 0 bridgehead atoms. The Kier molecular flexibility index (Phi) is 7.01. The third kappa shape index (κ3) is 4.85. The molecule has 0 saturated carbocycles. The number of hydrogen-bond acceptors (Lipinski definition) is 5. The molecule has 5 rings (SSSR count). The van der Waals surface area contributed by atoms with Gasteiger partial charge in [-0.3, -0.25) is 14.3 Å². The highest BCUT2D eigenvalue weighted by molar-refractivity contribution is 5.94. The number of morpholine rings is 1. The fraction of sp³-hybridized carbons (Fsp3) is 0.593. The number of aromatic nitrogens is 2. The summed E-state index contributed by atoms with van der Waals surface area (Å²) in [6, 6.07) is 4.99. The molecule has 3 aliphatic rings. The highest BCUT2D eigenvalue weighted by Gasteiger charge is 2.34. The maximum atomic E-state index is 14.5. The molecule has 36 heavy (non-hydrogen) atoms. The molecule has 2 amide bonds. The number of benzene rings is 1. The van der Waals surface area contributed by atoms with Crippen LogP contribution in [0.15, 0.2) is 18.2 Å². The van der Waals surface area contributed by atoms with Gasteiger partial charge in [-0.05, 0) is 63.5 Å². The number of fused-ring (bicyclic) bond motifs is 1. The first-order chi connectivity index (χ1) is 17.3. The van der Waals surface area contributed by atoms with Crippen LogP contribution in [0, 0.1) is 5.82 Å². The number of amides is 2. The van der Waals surface area contributed by atoms with Gasteiger partial charge in [-0.1, -0.05) is 6.07 Å². The molecule has 1 aliphatic carbocycles. The molecule has 2 aromatic rings. The minimum atomic E-state index is -0.257. The molecule has 2 saturated heterocycles. The Hall–Kier alpha value is -2.94. The van der Waals surface area contributed by atoms with Gasteiger partial charge in [-0.15, -0.1) is 0 Å². The lowest BCUT2D eigenvalue weighted by Gasteiger charge is -2.35. The second-order valence-corrected chi connectivity index (χ2v) is 10.3. The molecule has 0 unspecified atom stereocenters. The number of piperidine rings is 1. The molecule has 8 nitrogen and oxygen atoms in total.